The maximum absolute atomic E-state index is 11.7. The SMILES string of the molecule is CCOC(=O)CCCc1c(C)n(Cc2ccc(Br)cc2)c2ccc(OC)cc12. The predicted octanol–water partition coefficient (Wildman–Crippen LogP) is 5.65. The van der Waals surface area contributed by atoms with Gasteiger partial charge in [0, 0.05) is 34.0 Å². The zero-order chi connectivity index (χ0) is 20.1. The summed E-state index contributed by atoms with van der Waals surface area (Å²) >= 11 is 3.50. The highest BCUT2D eigenvalue weighted by Gasteiger charge is 2.16. The van der Waals surface area contributed by atoms with Gasteiger partial charge in [-0.2, -0.15) is 0 Å². The molecular formula is C23H26BrNO3. The molecule has 0 unspecified atom stereocenters. The van der Waals surface area contributed by atoms with Crippen LogP contribution in [0.4, 0.5) is 0 Å². The van der Waals surface area contributed by atoms with Crippen LogP contribution in [0.3, 0.4) is 0 Å². The highest BCUT2D eigenvalue weighted by molar-refractivity contribution is 9.10. The monoisotopic (exact) mass is 443 g/mol. The summed E-state index contributed by atoms with van der Waals surface area (Å²) in [6, 6.07) is 14.6. The van der Waals surface area contributed by atoms with E-state index in [4.69, 9.17) is 9.47 Å². The first-order chi connectivity index (χ1) is 13.5. The third-order valence-electron chi connectivity index (χ3n) is 5.03. The standard InChI is InChI=1S/C23H26BrNO3/c1-4-28-23(26)7-5-6-20-16(2)25(15-17-8-10-18(24)11-9-17)22-13-12-19(27-3)14-21(20)22/h8-14H,4-7,15H2,1-3H3. The first kappa shape index (κ1) is 20.5. The molecule has 5 heteroatoms. The number of carbonyl (C=O) groups excluding carboxylic acids is 1. The highest BCUT2D eigenvalue weighted by atomic mass is 79.9. The molecule has 2 aromatic carbocycles. The molecule has 3 aromatic rings. The maximum Gasteiger partial charge on any atom is 0.305 e. The van der Waals surface area contributed by atoms with E-state index in [2.05, 4.69) is 63.8 Å². The number of hydrogen-bond acceptors (Lipinski definition) is 3. The second kappa shape index (κ2) is 9.28. The summed E-state index contributed by atoms with van der Waals surface area (Å²) < 4.78 is 13.9. The third-order valence-corrected chi connectivity index (χ3v) is 5.56. The van der Waals surface area contributed by atoms with Crippen LogP contribution in [0.1, 0.15) is 36.6 Å². The lowest BCUT2D eigenvalue weighted by atomic mass is 10.0. The first-order valence-electron chi connectivity index (χ1n) is 9.59. The minimum absolute atomic E-state index is 0.128. The van der Waals surface area contributed by atoms with Gasteiger partial charge in [-0.3, -0.25) is 4.79 Å². The number of aromatic nitrogens is 1. The number of esters is 1. The molecule has 0 aliphatic carbocycles. The Labute approximate surface area is 174 Å². The van der Waals surface area contributed by atoms with E-state index >= 15 is 0 Å². The van der Waals surface area contributed by atoms with Gasteiger partial charge in [0.25, 0.3) is 0 Å². The number of carbonyl (C=O) groups is 1. The van der Waals surface area contributed by atoms with E-state index < -0.39 is 0 Å². The van der Waals surface area contributed by atoms with Crippen LogP contribution in [0.25, 0.3) is 10.9 Å². The van der Waals surface area contributed by atoms with E-state index in [0.29, 0.717) is 13.0 Å². The molecule has 0 saturated carbocycles. The number of halogens is 1. The number of ether oxygens (including phenoxy) is 2. The molecule has 0 aliphatic rings. The highest BCUT2D eigenvalue weighted by Crippen LogP contribution is 2.31. The Balaban J connectivity index is 1.93. The topological polar surface area (TPSA) is 40.5 Å². The van der Waals surface area contributed by atoms with Crippen LogP contribution in [0.15, 0.2) is 46.9 Å². The van der Waals surface area contributed by atoms with Crippen LogP contribution >= 0.6 is 15.9 Å². The van der Waals surface area contributed by atoms with Crippen LogP contribution in [-0.4, -0.2) is 24.3 Å². The Morgan fingerprint density at radius 2 is 1.89 bits per heavy atom. The summed E-state index contributed by atoms with van der Waals surface area (Å²) in [5.41, 5.74) is 4.94. The summed E-state index contributed by atoms with van der Waals surface area (Å²) in [6.07, 6.45) is 2.05. The molecule has 148 valence electrons. The molecule has 0 saturated heterocycles. The van der Waals surface area contributed by atoms with E-state index in [0.717, 1.165) is 29.6 Å². The predicted molar refractivity (Wildman–Crippen MR) is 116 cm³/mol. The average molecular weight is 444 g/mol. The van der Waals surface area contributed by atoms with Crippen molar-refractivity contribution in [3.63, 3.8) is 0 Å². The van der Waals surface area contributed by atoms with Gasteiger partial charge >= 0.3 is 5.97 Å². The largest absolute Gasteiger partial charge is 0.497 e. The molecule has 1 heterocycles. The van der Waals surface area contributed by atoms with Gasteiger partial charge in [0.15, 0.2) is 0 Å². The molecule has 0 fully saturated rings. The molecular weight excluding hydrogens is 418 g/mol. The number of hydrogen-bond donors (Lipinski definition) is 0. The van der Waals surface area contributed by atoms with Crippen molar-refractivity contribution >= 4 is 32.8 Å². The molecule has 0 atom stereocenters. The van der Waals surface area contributed by atoms with Gasteiger partial charge in [0.1, 0.15) is 5.75 Å². The fourth-order valence-corrected chi connectivity index (χ4v) is 3.86. The van der Waals surface area contributed by atoms with Crippen LogP contribution in [0, 0.1) is 6.92 Å². The van der Waals surface area contributed by atoms with Crippen LogP contribution in [-0.2, 0) is 22.5 Å². The molecule has 0 N–H and O–H groups in total. The Morgan fingerprint density at radius 1 is 1.14 bits per heavy atom. The number of aryl methyl sites for hydroxylation is 1. The Hall–Kier alpha value is -2.27. The molecule has 0 amide bonds. The lowest BCUT2D eigenvalue weighted by Crippen LogP contribution is -2.05. The van der Waals surface area contributed by atoms with E-state index in [1.54, 1.807) is 7.11 Å². The van der Waals surface area contributed by atoms with Crippen molar-refractivity contribution < 1.29 is 14.3 Å². The molecule has 0 radical (unpaired) electrons. The van der Waals surface area contributed by atoms with Gasteiger partial charge in [-0.05, 0) is 68.1 Å². The number of rotatable bonds is 8. The minimum Gasteiger partial charge on any atom is -0.497 e. The van der Waals surface area contributed by atoms with Crippen molar-refractivity contribution in [3.05, 3.63) is 63.8 Å². The summed E-state index contributed by atoms with van der Waals surface area (Å²) in [6.45, 7) is 5.23. The normalized spacial score (nSPS) is 11.0. The van der Waals surface area contributed by atoms with Crippen molar-refractivity contribution in [2.75, 3.05) is 13.7 Å². The van der Waals surface area contributed by atoms with Crippen molar-refractivity contribution in [1.29, 1.82) is 0 Å². The average Bonchev–Trinajstić information content (AvgIpc) is 2.95. The molecule has 0 aliphatic heterocycles. The van der Waals surface area contributed by atoms with Crippen molar-refractivity contribution in [3.8, 4) is 5.75 Å². The lowest BCUT2D eigenvalue weighted by molar-refractivity contribution is -0.143. The fraction of sp³-hybridized carbons (Fsp3) is 0.348. The lowest BCUT2D eigenvalue weighted by Gasteiger charge is -2.10. The second-order valence-electron chi connectivity index (χ2n) is 6.82. The molecule has 0 spiro atoms. The summed E-state index contributed by atoms with van der Waals surface area (Å²) in [5, 5.41) is 1.19. The van der Waals surface area contributed by atoms with Gasteiger partial charge in [-0.15, -0.1) is 0 Å². The van der Waals surface area contributed by atoms with Gasteiger partial charge in [0.05, 0.1) is 13.7 Å². The minimum atomic E-state index is -0.128. The van der Waals surface area contributed by atoms with Crippen molar-refractivity contribution in [1.82, 2.24) is 4.57 Å². The van der Waals surface area contributed by atoms with Gasteiger partial charge in [-0.25, -0.2) is 0 Å². The number of nitrogens with zero attached hydrogens (tertiary/aromatic N) is 1. The second-order valence-corrected chi connectivity index (χ2v) is 7.73. The number of methoxy groups -OCH3 is 1. The molecule has 28 heavy (non-hydrogen) atoms. The molecule has 0 bridgehead atoms. The van der Waals surface area contributed by atoms with Crippen LogP contribution in [0.5, 0.6) is 5.75 Å². The fourth-order valence-electron chi connectivity index (χ4n) is 3.59. The zero-order valence-electron chi connectivity index (χ0n) is 16.6. The molecule has 3 rings (SSSR count). The van der Waals surface area contributed by atoms with Crippen molar-refractivity contribution in [2.24, 2.45) is 0 Å². The van der Waals surface area contributed by atoms with Crippen LogP contribution < -0.4 is 4.74 Å². The Morgan fingerprint density at radius 3 is 2.57 bits per heavy atom. The molecule has 4 nitrogen and oxygen atoms in total. The number of benzene rings is 2. The smallest absolute Gasteiger partial charge is 0.305 e. The van der Waals surface area contributed by atoms with Gasteiger partial charge in [0.2, 0.25) is 0 Å². The third kappa shape index (κ3) is 4.58. The van der Waals surface area contributed by atoms with E-state index in [1.807, 2.05) is 13.0 Å². The Kier molecular flexibility index (Phi) is 6.79. The first-order valence-corrected chi connectivity index (χ1v) is 10.4. The Bertz CT molecular complexity index is 960. The van der Waals surface area contributed by atoms with Crippen molar-refractivity contribution in [2.45, 2.75) is 39.7 Å². The summed E-state index contributed by atoms with van der Waals surface area (Å²) in [7, 11) is 1.69. The van der Waals surface area contributed by atoms with Crippen LogP contribution in [0.2, 0.25) is 0 Å². The number of fused-ring (bicyclic) bond motifs is 1. The van der Waals surface area contributed by atoms with E-state index in [-0.39, 0.29) is 5.97 Å². The molecule has 1 aromatic heterocycles. The zero-order valence-corrected chi connectivity index (χ0v) is 18.2. The quantitative estimate of drug-likeness (QED) is 0.422. The maximum atomic E-state index is 11.7. The summed E-state index contributed by atoms with van der Waals surface area (Å²) in [4.78, 5) is 11.7. The van der Waals surface area contributed by atoms with E-state index in [9.17, 15) is 4.79 Å². The summed E-state index contributed by atoms with van der Waals surface area (Å²) in [5.74, 6) is 0.719. The van der Waals surface area contributed by atoms with E-state index in [1.165, 1.54) is 27.7 Å². The van der Waals surface area contributed by atoms with Gasteiger partial charge < -0.3 is 14.0 Å². The van der Waals surface area contributed by atoms with Gasteiger partial charge in [-0.1, -0.05) is 28.1 Å².